The van der Waals surface area contributed by atoms with Gasteiger partial charge in [0.1, 0.15) is 9.84 Å². The summed E-state index contributed by atoms with van der Waals surface area (Å²) in [7, 11) is -3.34. The van der Waals surface area contributed by atoms with Crippen LogP contribution in [0, 0.1) is 0 Å². The largest absolute Gasteiger partial charge is 0.288 e. The van der Waals surface area contributed by atoms with Gasteiger partial charge < -0.3 is 0 Å². The van der Waals surface area contributed by atoms with Gasteiger partial charge in [0.15, 0.2) is 0 Å². The third-order valence-electron chi connectivity index (χ3n) is 3.51. The summed E-state index contributed by atoms with van der Waals surface area (Å²) in [5.74, 6) is -0.350. The minimum atomic E-state index is -3.34. The zero-order valence-electron chi connectivity index (χ0n) is 11.4. The van der Waals surface area contributed by atoms with E-state index in [1.807, 2.05) is 0 Å². The Labute approximate surface area is 122 Å². The number of hydrogen-bond acceptors (Lipinski definition) is 6. The van der Waals surface area contributed by atoms with Crippen LogP contribution in [0.3, 0.4) is 0 Å². The lowest BCUT2D eigenvalue weighted by molar-refractivity contribution is 0.592. The summed E-state index contributed by atoms with van der Waals surface area (Å²) in [5, 5.41) is 0.0777. The fourth-order valence-corrected chi connectivity index (χ4v) is 2.92. The predicted octanol–water partition coefficient (Wildman–Crippen LogP) is -1.52. The number of benzene rings is 1. The van der Waals surface area contributed by atoms with Gasteiger partial charge in [0.05, 0.1) is 27.3 Å². The van der Waals surface area contributed by atoms with Crippen LogP contribution < -0.4 is 22.2 Å². The maximum atomic E-state index is 12.2. The van der Waals surface area contributed by atoms with Crippen molar-refractivity contribution in [1.29, 1.82) is 0 Å². The second-order valence-electron chi connectivity index (χ2n) is 5.12. The highest BCUT2D eigenvalue weighted by molar-refractivity contribution is 7.90. The molecular weight excluding hydrogens is 312 g/mol. The van der Waals surface area contributed by atoms with Gasteiger partial charge in [0.2, 0.25) is 0 Å². The Morgan fingerprint density at radius 1 is 0.909 bits per heavy atom. The molecule has 8 nitrogen and oxygen atoms in total. The normalized spacial score (nSPS) is 12.4. The molecule has 1 N–H and O–H groups in total. The lowest BCUT2D eigenvalue weighted by Gasteiger charge is -1.97. The summed E-state index contributed by atoms with van der Waals surface area (Å²) in [6, 6.07) is 2.40. The van der Waals surface area contributed by atoms with Crippen LogP contribution in [0.25, 0.3) is 21.5 Å². The van der Waals surface area contributed by atoms with E-state index in [2.05, 4.69) is 4.98 Å². The molecule has 3 rings (SSSR count). The number of aromatic amines is 1. The molecule has 0 bridgehead atoms. The van der Waals surface area contributed by atoms with Crippen molar-refractivity contribution in [2.45, 2.75) is 6.54 Å². The maximum absolute atomic E-state index is 12.2. The summed E-state index contributed by atoms with van der Waals surface area (Å²) in [5.41, 5.74) is -2.59. The number of aromatic nitrogens is 2. The summed E-state index contributed by atoms with van der Waals surface area (Å²) in [4.78, 5) is 49.7. The lowest BCUT2D eigenvalue weighted by Crippen LogP contribution is -2.28. The Bertz CT molecular complexity index is 1150. The Hall–Kier alpha value is -2.55. The van der Waals surface area contributed by atoms with Crippen LogP contribution in [0.5, 0.6) is 0 Å². The van der Waals surface area contributed by atoms with Crippen LogP contribution >= 0.6 is 0 Å². The highest BCUT2D eigenvalue weighted by Gasteiger charge is 2.17. The van der Waals surface area contributed by atoms with E-state index >= 15 is 0 Å². The van der Waals surface area contributed by atoms with Crippen LogP contribution in [0.4, 0.5) is 0 Å². The van der Waals surface area contributed by atoms with E-state index in [9.17, 15) is 27.6 Å². The summed E-state index contributed by atoms with van der Waals surface area (Å²) in [6.45, 7) is -0.268. The van der Waals surface area contributed by atoms with Crippen molar-refractivity contribution in [2.24, 2.45) is 0 Å². The number of rotatable bonds is 3. The van der Waals surface area contributed by atoms with Gasteiger partial charge in [-0.15, -0.1) is 0 Å². The molecule has 0 atom stereocenters. The highest BCUT2D eigenvalue weighted by atomic mass is 32.2. The number of fused-ring (bicyclic) bond motifs is 2. The van der Waals surface area contributed by atoms with Crippen LogP contribution in [0.1, 0.15) is 0 Å². The molecule has 9 heteroatoms. The fraction of sp³-hybridized carbons (Fsp3) is 0.231. The molecule has 1 aromatic carbocycles. The van der Waals surface area contributed by atoms with Gasteiger partial charge in [-0.1, -0.05) is 0 Å². The fourth-order valence-electron chi connectivity index (χ4n) is 2.41. The van der Waals surface area contributed by atoms with Crippen molar-refractivity contribution in [3.63, 3.8) is 0 Å². The van der Waals surface area contributed by atoms with Crippen molar-refractivity contribution in [2.75, 3.05) is 12.0 Å². The first-order valence-corrected chi connectivity index (χ1v) is 8.33. The third kappa shape index (κ3) is 2.10. The Morgan fingerprint density at radius 3 is 1.77 bits per heavy atom. The average Bonchev–Trinajstić information content (AvgIpc) is 2.82. The van der Waals surface area contributed by atoms with E-state index in [0.717, 1.165) is 10.8 Å². The maximum Gasteiger partial charge on any atom is 0.261 e. The minimum absolute atomic E-state index is 0.00195. The summed E-state index contributed by atoms with van der Waals surface area (Å²) < 4.78 is 23.2. The van der Waals surface area contributed by atoms with E-state index < -0.39 is 32.1 Å². The molecule has 0 radical (unpaired) electrons. The highest BCUT2D eigenvalue weighted by Crippen LogP contribution is 2.13. The number of nitrogens with zero attached hydrogens (tertiary/aromatic N) is 1. The number of hydrogen-bond donors (Lipinski definition) is 1. The molecule has 0 spiro atoms. The van der Waals surface area contributed by atoms with Crippen molar-refractivity contribution in [3.8, 4) is 0 Å². The molecule has 0 aliphatic carbocycles. The molecular formula is C13H10N2O6S. The van der Waals surface area contributed by atoms with Crippen LogP contribution in [0.15, 0.2) is 31.3 Å². The zero-order chi connectivity index (χ0) is 16.2. The lowest BCUT2D eigenvalue weighted by atomic mass is 10.1. The molecule has 3 aromatic rings. The van der Waals surface area contributed by atoms with E-state index in [1.165, 1.54) is 12.1 Å². The zero-order valence-corrected chi connectivity index (χ0v) is 12.2. The topological polar surface area (TPSA) is 123 Å². The van der Waals surface area contributed by atoms with Gasteiger partial charge in [-0.3, -0.25) is 28.7 Å². The molecule has 2 aromatic heterocycles. The second kappa shape index (κ2) is 4.47. The van der Waals surface area contributed by atoms with Crippen molar-refractivity contribution in [1.82, 2.24) is 9.55 Å². The Morgan fingerprint density at radius 2 is 1.36 bits per heavy atom. The predicted molar refractivity (Wildman–Crippen MR) is 81.0 cm³/mol. The molecule has 0 aliphatic rings. The van der Waals surface area contributed by atoms with Crippen LogP contribution in [-0.2, 0) is 16.4 Å². The molecule has 2 heterocycles. The van der Waals surface area contributed by atoms with Gasteiger partial charge in [0, 0.05) is 12.8 Å². The van der Waals surface area contributed by atoms with E-state index in [0.29, 0.717) is 0 Å². The molecule has 22 heavy (non-hydrogen) atoms. The van der Waals surface area contributed by atoms with Gasteiger partial charge >= 0.3 is 0 Å². The van der Waals surface area contributed by atoms with Crippen molar-refractivity contribution >= 4 is 31.4 Å². The summed E-state index contributed by atoms with van der Waals surface area (Å²) in [6.07, 6.45) is 1.00. The van der Waals surface area contributed by atoms with Crippen LogP contribution in [-0.4, -0.2) is 30.0 Å². The van der Waals surface area contributed by atoms with Gasteiger partial charge in [0.25, 0.3) is 22.2 Å². The van der Waals surface area contributed by atoms with Crippen molar-refractivity contribution in [3.05, 3.63) is 53.5 Å². The number of H-pyrrole nitrogens is 1. The molecule has 0 saturated carbocycles. The molecule has 114 valence electrons. The van der Waals surface area contributed by atoms with Crippen molar-refractivity contribution < 1.29 is 8.42 Å². The number of nitrogens with one attached hydrogen (secondary N) is 1. The smallest absolute Gasteiger partial charge is 0.261 e. The van der Waals surface area contributed by atoms with Gasteiger partial charge in [-0.25, -0.2) is 8.42 Å². The first kappa shape index (κ1) is 14.4. The molecule has 0 unspecified atom stereocenters. The van der Waals surface area contributed by atoms with Gasteiger partial charge in [-0.2, -0.15) is 0 Å². The second-order valence-corrected chi connectivity index (χ2v) is 7.38. The molecule has 0 fully saturated rings. The molecule has 0 saturated heterocycles. The quantitative estimate of drug-likeness (QED) is 0.625. The summed E-state index contributed by atoms with van der Waals surface area (Å²) >= 11 is 0. The molecule has 0 amide bonds. The third-order valence-corrected chi connectivity index (χ3v) is 4.43. The van der Waals surface area contributed by atoms with Crippen LogP contribution in [0.2, 0.25) is 0 Å². The Kier molecular flexibility index (Phi) is 2.92. The first-order valence-electron chi connectivity index (χ1n) is 6.26. The standard InChI is InChI=1S/C13H10N2O6S/c1-22(20,21)3-2-15-12(18)8-4-6-7(5-9(8)13(15)19)11(17)14-10(6)16/h4-5H,2-3H2,1H3,(H,14,16,17). The SMILES string of the molecule is CS(=O)(=O)CCn1c(=O)c2cc3c(=O)[nH]c(=O)c3cc2c1=O. The number of sulfone groups is 1. The average molecular weight is 322 g/mol. The monoisotopic (exact) mass is 322 g/mol. The molecule has 0 aliphatic heterocycles. The van der Waals surface area contributed by atoms with E-state index in [1.54, 1.807) is 0 Å². The van der Waals surface area contributed by atoms with Gasteiger partial charge in [-0.05, 0) is 12.1 Å². The van der Waals surface area contributed by atoms with E-state index in [-0.39, 0.29) is 33.8 Å². The van der Waals surface area contributed by atoms with E-state index in [4.69, 9.17) is 0 Å². The Balaban J connectivity index is 2.34. The first-order chi connectivity index (χ1) is 10.2. The minimum Gasteiger partial charge on any atom is -0.288 e.